The van der Waals surface area contributed by atoms with Crippen LogP contribution in [0.4, 0.5) is 0 Å². The zero-order chi connectivity index (χ0) is 21.4. The minimum atomic E-state index is -0.565. The van der Waals surface area contributed by atoms with Gasteiger partial charge in [-0.25, -0.2) is 0 Å². The van der Waals surface area contributed by atoms with Gasteiger partial charge in [0, 0.05) is 38.2 Å². The molecule has 8 heteroatoms. The van der Waals surface area contributed by atoms with Crippen LogP contribution in [0.15, 0.2) is 18.2 Å². The summed E-state index contributed by atoms with van der Waals surface area (Å²) in [6, 6.07) is 5.45. The Kier molecular flexibility index (Phi) is 5.77. The van der Waals surface area contributed by atoms with Gasteiger partial charge in [-0.3, -0.25) is 24.6 Å². The van der Waals surface area contributed by atoms with Crippen molar-refractivity contribution in [3.05, 3.63) is 34.9 Å². The maximum Gasteiger partial charge on any atom is 0.255 e. The molecule has 31 heavy (non-hydrogen) atoms. The van der Waals surface area contributed by atoms with Gasteiger partial charge in [0.1, 0.15) is 6.04 Å². The van der Waals surface area contributed by atoms with Crippen molar-refractivity contribution in [2.75, 3.05) is 32.8 Å². The fourth-order valence-corrected chi connectivity index (χ4v) is 5.43. The molecule has 0 aliphatic carbocycles. The molecule has 2 atom stereocenters. The summed E-state index contributed by atoms with van der Waals surface area (Å²) in [5.41, 5.74) is 2.75. The number of piperidine rings is 2. The molecule has 0 radical (unpaired) electrons. The summed E-state index contributed by atoms with van der Waals surface area (Å²) >= 11 is 0. The van der Waals surface area contributed by atoms with Crippen LogP contribution in [0, 0.1) is 5.92 Å². The van der Waals surface area contributed by atoms with Gasteiger partial charge in [-0.05, 0) is 49.4 Å². The summed E-state index contributed by atoms with van der Waals surface area (Å²) in [6.07, 6.45) is 3.21. The van der Waals surface area contributed by atoms with Crippen LogP contribution in [-0.2, 0) is 27.4 Å². The quantitative estimate of drug-likeness (QED) is 0.687. The number of morpholine rings is 1. The number of imide groups is 1. The first-order valence-electron chi connectivity index (χ1n) is 11.4. The maximum atomic E-state index is 13.3. The summed E-state index contributed by atoms with van der Waals surface area (Å²) in [4.78, 5) is 41.1. The van der Waals surface area contributed by atoms with E-state index in [0.29, 0.717) is 25.0 Å². The molecule has 2 unspecified atom stereocenters. The number of nitrogens with one attached hydrogen (secondary N) is 2. The van der Waals surface area contributed by atoms with Gasteiger partial charge in [0.2, 0.25) is 11.8 Å². The fraction of sp³-hybridized carbons (Fsp3) is 0.609. The maximum absolute atomic E-state index is 13.3. The Bertz CT molecular complexity index is 874. The van der Waals surface area contributed by atoms with E-state index in [0.717, 1.165) is 68.9 Å². The first-order valence-corrected chi connectivity index (χ1v) is 11.4. The number of likely N-dealkylation sites (tertiary alicyclic amines) is 1. The van der Waals surface area contributed by atoms with Gasteiger partial charge in [-0.2, -0.15) is 0 Å². The lowest BCUT2D eigenvalue weighted by molar-refractivity contribution is -0.136. The molecule has 4 aliphatic rings. The molecule has 5 rings (SSSR count). The molecule has 0 bridgehead atoms. The Morgan fingerprint density at radius 1 is 1.10 bits per heavy atom. The Labute approximate surface area is 182 Å². The molecule has 0 saturated carbocycles. The van der Waals surface area contributed by atoms with Crippen LogP contribution in [0.1, 0.15) is 47.2 Å². The molecule has 3 saturated heterocycles. The molecule has 0 spiro atoms. The first kappa shape index (κ1) is 20.6. The van der Waals surface area contributed by atoms with Gasteiger partial charge in [0.15, 0.2) is 0 Å². The molecule has 166 valence electrons. The van der Waals surface area contributed by atoms with Crippen LogP contribution >= 0.6 is 0 Å². The van der Waals surface area contributed by atoms with Crippen LogP contribution in [0.25, 0.3) is 0 Å². The highest BCUT2D eigenvalue weighted by molar-refractivity contribution is 6.05. The Morgan fingerprint density at radius 2 is 1.94 bits per heavy atom. The van der Waals surface area contributed by atoms with Crippen LogP contribution in [0.2, 0.25) is 0 Å². The van der Waals surface area contributed by atoms with Crippen molar-refractivity contribution in [3.63, 3.8) is 0 Å². The number of fused-ring (bicyclic) bond motifs is 1. The van der Waals surface area contributed by atoms with E-state index >= 15 is 0 Å². The number of amides is 3. The first-order chi connectivity index (χ1) is 15.1. The van der Waals surface area contributed by atoms with Crippen molar-refractivity contribution in [2.45, 2.75) is 50.9 Å². The second-order valence-electron chi connectivity index (χ2n) is 9.08. The highest BCUT2D eigenvalue weighted by Crippen LogP contribution is 2.31. The highest BCUT2D eigenvalue weighted by Gasteiger charge is 2.40. The SMILES string of the molecule is O=C1CCC(N2Cc3cccc(CN4CCC(C5CNCCO5)CC4)c3C2=O)C(=O)N1. The minimum Gasteiger partial charge on any atom is -0.375 e. The van der Waals surface area contributed by atoms with E-state index in [9.17, 15) is 14.4 Å². The zero-order valence-corrected chi connectivity index (χ0v) is 17.8. The average Bonchev–Trinajstić information content (AvgIpc) is 3.12. The van der Waals surface area contributed by atoms with E-state index in [1.165, 1.54) is 0 Å². The van der Waals surface area contributed by atoms with Gasteiger partial charge < -0.3 is 15.0 Å². The van der Waals surface area contributed by atoms with Gasteiger partial charge in [-0.1, -0.05) is 18.2 Å². The smallest absolute Gasteiger partial charge is 0.255 e. The molecular weight excluding hydrogens is 396 g/mol. The largest absolute Gasteiger partial charge is 0.375 e. The molecule has 3 fully saturated rings. The summed E-state index contributed by atoms with van der Waals surface area (Å²) in [5, 5.41) is 5.80. The van der Waals surface area contributed by atoms with Crippen molar-refractivity contribution in [2.24, 2.45) is 5.92 Å². The molecule has 1 aromatic rings. The lowest BCUT2D eigenvalue weighted by atomic mass is 9.90. The van der Waals surface area contributed by atoms with Crippen molar-refractivity contribution >= 4 is 17.7 Å². The van der Waals surface area contributed by atoms with Gasteiger partial charge in [-0.15, -0.1) is 0 Å². The van der Waals surface area contributed by atoms with E-state index in [-0.39, 0.29) is 24.1 Å². The van der Waals surface area contributed by atoms with Gasteiger partial charge >= 0.3 is 0 Å². The third-order valence-corrected chi connectivity index (χ3v) is 7.15. The number of nitrogens with zero attached hydrogens (tertiary/aromatic N) is 2. The molecule has 4 heterocycles. The van der Waals surface area contributed by atoms with Crippen LogP contribution < -0.4 is 10.6 Å². The van der Waals surface area contributed by atoms with Gasteiger partial charge in [0.25, 0.3) is 5.91 Å². The van der Waals surface area contributed by atoms with E-state index < -0.39 is 6.04 Å². The summed E-state index contributed by atoms with van der Waals surface area (Å²) in [6.45, 7) is 5.86. The predicted octanol–water partition coefficient (Wildman–Crippen LogP) is 0.648. The molecule has 2 N–H and O–H groups in total. The topological polar surface area (TPSA) is 91.0 Å². The minimum absolute atomic E-state index is 0.0864. The van der Waals surface area contributed by atoms with Crippen molar-refractivity contribution < 1.29 is 19.1 Å². The molecule has 4 aliphatic heterocycles. The van der Waals surface area contributed by atoms with Crippen molar-refractivity contribution in [3.8, 4) is 0 Å². The highest BCUT2D eigenvalue weighted by atomic mass is 16.5. The number of hydrogen-bond donors (Lipinski definition) is 2. The predicted molar refractivity (Wildman–Crippen MR) is 113 cm³/mol. The monoisotopic (exact) mass is 426 g/mol. The number of carbonyl (C=O) groups is 3. The number of rotatable bonds is 4. The zero-order valence-electron chi connectivity index (χ0n) is 17.8. The standard InChI is InChI=1S/C23H30N4O4/c28-20-5-4-18(22(29)25-20)27-14-17-3-1-2-16(21(17)23(27)30)13-26-9-6-15(7-10-26)19-12-24-8-11-31-19/h1-3,15,18-19,24H,4-14H2,(H,25,28,29). The summed E-state index contributed by atoms with van der Waals surface area (Å²) < 4.78 is 5.95. The number of hydrogen-bond acceptors (Lipinski definition) is 6. The molecule has 1 aromatic carbocycles. The Balaban J connectivity index is 1.24. The third-order valence-electron chi connectivity index (χ3n) is 7.15. The summed E-state index contributed by atoms with van der Waals surface area (Å²) in [5.74, 6) is -0.115. The number of carbonyl (C=O) groups excluding carboxylic acids is 3. The molecule has 8 nitrogen and oxygen atoms in total. The fourth-order valence-electron chi connectivity index (χ4n) is 5.43. The third kappa shape index (κ3) is 4.12. The normalized spacial score (nSPS) is 28.0. The second-order valence-corrected chi connectivity index (χ2v) is 9.08. The Morgan fingerprint density at radius 3 is 2.68 bits per heavy atom. The molecular formula is C23H30N4O4. The lowest BCUT2D eigenvalue weighted by Crippen LogP contribution is -2.52. The van der Waals surface area contributed by atoms with Crippen LogP contribution in [0.3, 0.4) is 0 Å². The molecule has 0 aromatic heterocycles. The number of benzene rings is 1. The summed E-state index contributed by atoms with van der Waals surface area (Å²) in [7, 11) is 0. The van der Waals surface area contributed by atoms with E-state index in [2.05, 4.69) is 15.5 Å². The lowest BCUT2D eigenvalue weighted by Gasteiger charge is -2.37. The van der Waals surface area contributed by atoms with E-state index in [1.54, 1.807) is 4.90 Å². The van der Waals surface area contributed by atoms with Gasteiger partial charge in [0.05, 0.1) is 12.7 Å². The van der Waals surface area contributed by atoms with Crippen LogP contribution in [-0.4, -0.2) is 72.5 Å². The number of ether oxygens (including phenoxy) is 1. The van der Waals surface area contributed by atoms with Crippen LogP contribution in [0.5, 0.6) is 0 Å². The van der Waals surface area contributed by atoms with E-state index in [4.69, 9.17) is 4.74 Å². The Hall–Kier alpha value is -2.29. The van der Waals surface area contributed by atoms with Crippen molar-refractivity contribution in [1.82, 2.24) is 20.4 Å². The second kappa shape index (κ2) is 8.68. The van der Waals surface area contributed by atoms with E-state index in [1.807, 2.05) is 18.2 Å². The van der Waals surface area contributed by atoms with Crippen molar-refractivity contribution in [1.29, 1.82) is 0 Å². The molecule has 3 amide bonds. The average molecular weight is 427 g/mol.